The number of imidazole rings is 1. The molecule has 26 heavy (non-hydrogen) atoms. The maximum atomic E-state index is 11.9. The largest absolute Gasteiger partial charge is 0.444 e. The molecule has 0 aliphatic heterocycles. The molecule has 8 nitrogen and oxygen atoms in total. The van der Waals surface area contributed by atoms with Crippen LogP contribution in [0.3, 0.4) is 0 Å². The minimum absolute atomic E-state index is 0.0730. The number of halogens is 1. The fourth-order valence-corrected chi connectivity index (χ4v) is 2.37. The van der Waals surface area contributed by atoms with Crippen LogP contribution in [0, 0.1) is 5.92 Å². The first kappa shape index (κ1) is 22.3. The van der Waals surface area contributed by atoms with Crippen LogP contribution in [-0.2, 0) is 16.0 Å². The van der Waals surface area contributed by atoms with Gasteiger partial charge < -0.3 is 24.7 Å². The standard InChI is InChI=1S/C17H29BrN4O4/c1-16(2,3)25-14(23)19-7-12(9-22-10-13(18)21-11-22)8-20-15(24)26-17(4,5)6/h10-12H,7-9H2,1-6H3,(H,19,23)(H,20,24). The summed E-state index contributed by atoms with van der Waals surface area (Å²) in [5, 5.41) is 5.48. The molecule has 0 aliphatic rings. The van der Waals surface area contributed by atoms with Gasteiger partial charge in [0.1, 0.15) is 15.8 Å². The number of hydrogen-bond acceptors (Lipinski definition) is 5. The molecule has 9 heteroatoms. The minimum Gasteiger partial charge on any atom is -0.444 e. The van der Waals surface area contributed by atoms with E-state index in [1.807, 2.05) is 10.8 Å². The average molecular weight is 433 g/mol. The van der Waals surface area contributed by atoms with Crippen molar-refractivity contribution in [3.63, 3.8) is 0 Å². The van der Waals surface area contributed by atoms with E-state index in [0.29, 0.717) is 19.6 Å². The molecular weight excluding hydrogens is 404 g/mol. The molecule has 148 valence electrons. The third-order valence-corrected chi connectivity index (χ3v) is 3.35. The molecule has 0 fully saturated rings. The van der Waals surface area contributed by atoms with Crippen molar-refractivity contribution in [1.29, 1.82) is 0 Å². The summed E-state index contributed by atoms with van der Waals surface area (Å²) in [7, 11) is 0. The fraction of sp³-hybridized carbons (Fsp3) is 0.706. The second kappa shape index (κ2) is 9.25. The molecular formula is C17H29BrN4O4. The van der Waals surface area contributed by atoms with Crippen molar-refractivity contribution in [2.75, 3.05) is 13.1 Å². The van der Waals surface area contributed by atoms with Crippen molar-refractivity contribution in [2.24, 2.45) is 5.92 Å². The Kier molecular flexibility index (Phi) is 7.92. The molecule has 0 saturated heterocycles. The number of nitrogens with zero attached hydrogens (tertiary/aromatic N) is 2. The van der Waals surface area contributed by atoms with Gasteiger partial charge in [0.25, 0.3) is 0 Å². The molecule has 1 rings (SSSR count). The fourth-order valence-electron chi connectivity index (χ4n) is 2.02. The summed E-state index contributed by atoms with van der Waals surface area (Å²) < 4.78 is 13.1. The highest BCUT2D eigenvalue weighted by Gasteiger charge is 2.20. The summed E-state index contributed by atoms with van der Waals surface area (Å²) >= 11 is 3.30. The second-order valence-corrected chi connectivity index (χ2v) is 8.84. The van der Waals surface area contributed by atoms with Crippen molar-refractivity contribution in [3.8, 4) is 0 Å². The first-order valence-corrected chi connectivity index (χ1v) is 9.24. The Labute approximate surface area is 163 Å². The first-order valence-electron chi connectivity index (χ1n) is 8.45. The van der Waals surface area contributed by atoms with Crippen molar-refractivity contribution >= 4 is 28.1 Å². The maximum Gasteiger partial charge on any atom is 0.407 e. The van der Waals surface area contributed by atoms with Gasteiger partial charge in [-0.1, -0.05) is 0 Å². The summed E-state index contributed by atoms with van der Waals surface area (Å²) in [6, 6.07) is 0. The lowest BCUT2D eigenvalue weighted by Crippen LogP contribution is -2.41. The number of ether oxygens (including phenoxy) is 2. The Bertz CT molecular complexity index is 573. The first-order chi connectivity index (χ1) is 11.8. The number of aromatic nitrogens is 2. The Balaban J connectivity index is 2.61. The SMILES string of the molecule is CC(C)(C)OC(=O)NCC(CNC(=O)OC(C)(C)C)Cn1cnc(Br)c1. The van der Waals surface area contributed by atoms with Gasteiger partial charge in [-0.05, 0) is 57.5 Å². The third-order valence-electron chi connectivity index (χ3n) is 2.94. The summed E-state index contributed by atoms with van der Waals surface area (Å²) in [5.74, 6) is -0.0730. The predicted octanol–water partition coefficient (Wildman–Crippen LogP) is 3.31. The molecule has 0 aromatic carbocycles. The van der Waals surface area contributed by atoms with Crippen molar-refractivity contribution in [2.45, 2.75) is 59.3 Å². The summed E-state index contributed by atoms with van der Waals surface area (Å²) in [5.41, 5.74) is -1.13. The van der Waals surface area contributed by atoms with Crippen LogP contribution in [0.4, 0.5) is 9.59 Å². The van der Waals surface area contributed by atoms with Crippen LogP contribution in [-0.4, -0.2) is 46.0 Å². The molecule has 0 unspecified atom stereocenters. The predicted molar refractivity (Wildman–Crippen MR) is 102 cm³/mol. The van der Waals surface area contributed by atoms with Crippen molar-refractivity contribution in [3.05, 3.63) is 17.1 Å². The van der Waals surface area contributed by atoms with Crippen molar-refractivity contribution in [1.82, 2.24) is 20.2 Å². The highest BCUT2D eigenvalue weighted by molar-refractivity contribution is 9.10. The van der Waals surface area contributed by atoms with E-state index < -0.39 is 23.4 Å². The average Bonchev–Trinajstić information content (AvgIpc) is 2.83. The summed E-state index contributed by atoms with van der Waals surface area (Å²) in [6.45, 7) is 12.0. The number of alkyl carbamates (subject to hydrolysis) is 2. The highest BCUT2D eigenvalue weighted by atomic mass is 79.9. The topological polar surface area (TPSA) is 94.5 Å². The molecule has 2 N–H and O–H groups in total. The molecule has 1 heterocycles. The molecule has 2 amide bonds. The smallest absolute Gasteiger partial charge is 0.407 e. The molecule has 0 saturated carbocycles. The van der Waals surface area contributed by atoms with Crippen LogP contribution in [0.2, 0.25) is 0 Å². The Morgan fingerprint density at radius 1 is 1.08 bits per heavy atom. The van der Waals surface area contributed by atoms with Gasteiger partial charge in [0.2, 0.25) is 0 Å². The van der Waals surface area contributed by atoms with E-state index in [4.69, 9.17) is 9.47 Å². The van der Waals surface area contributed by atoms with E-state index in [1.54, 1.807) is 47.9 Å². The normalized spacial score (nSPS) is 12.0. The number of nitrogens with one attached hydrogen (secondary N) is 2. The van der Waals surface area contributed by atoms with Crippen LogP contribution in [0.1, 0.15) is 41.5 Å². The van der Waals surface area contributed by atoms with Gasteiger partial charge in [0.15, 0.2) is 0 Å². The molecule has 0 spiro atoms. The van der Waals surface area contributed by atoms with Gasteiger partial charge in [-0.15, -0.1) is 0 Å². The van der Waals surface area contributed by atoms with Crippen LogP contribution < -0.4 is 10.6 Å². The van der Waals surface area contributed by atoms with Crippen LogP contribution in [0.5, 0.6) is 0 Å². The third kappa shape index (κ3) is 10.3. The maximum absolute atomic E-state index is 11.9. The van der Waals surface area contributed by atoms with Gasteiger partial charge >= 0.3 is 12.2 Å². The van der Waals surface area contributed by atoms with Crippen LogP contribution in [0.15, 0.2) is 17.1 Å². The number of carbonyl (C=O) groups is 2. The van der Waals surface area contributed by atoms with Gasteiger partial charge in [0, 0.05) is 31.7 Å². The zero-order valence-corrected chi connectivity index (χ0v) is 17.8. The summed E-state index contributed by atoms with van der Waals surface area (Å²) in [4.78, 5) is 27.9. The molecule has 0 atom stereocenters. The Morgan fingerprint density at radius 2 is 1.54 bits per heavy atom. The van der Waals surface area contributed by atoms with Gasteiger partial charge in [-0.3, -0.25) is 0 Å². The molecule has 0 radical (unpaired) electrons. The second-order valence-electron chi connectivity index (χ2n) is 8.02. The zero-order chi connectivity index (χ0) is 20.0. The Morgan fingerprint density at radius 3 is 1.88 bits per heavy atom. The van der Waals surface area contributed by atoms with Crippen LogP contribution >= 0.6 is 15.9 Å². The van der Waals surface area contributed by atoms with Crippen molar-refractivity contribution < 1.29 is 19.1 Å². The number of hydrogen-bond donors (Lipinski definition) is 2. The van der Waals surface area contributed by atoms with E-state index in [-0.39, 0.29) is 5.92 Å². The molecule has 0 aliphatic carbocycles. The molecule has 1 aromatic rings. The van der Waals surface area contributed by atoms with Crippen LogP contribution in [0.25, 0.3) is 0 Å². The molecule has 1 aromatic heterocycles. The van der Waals surface area contributed by atoms with E-state index in [2.05, 4.69) is 31.5 Å². The lowest BCUT2D eigenvalue weighted by molar-refractivity contribution is 0.0506. The van der Waals surface area contributed by atoms with E-state index in [0.717, 1.165) is 4.60 Å². The monoisotopic (exact) mass is 432 g/mol. The lowest BCUT2D eigenvalue weighted by atomic mass is 10.1. The lowest BCUT2D eigenvalue weighted by Gasteiger charge is -2.23. The highest BCUT2D eigenvalue weighted by Crippen LogP contribution is 2.10. The van der Waals surface area contributed by atoms with Gasteiger partial charge in [0.05, 0.1) is 6.33 Å². The van der Waals surface area contributed by atoms with E-state index in [1.165, 1.54) is 0 Å². The quantitative estimate of drug-likeness (QED) is 0.718. The van der Waals surface area contributed by atoms with Gasteiger partial charge in [-0.25, -0.2) is 14.6 Å². The minimum atomic E-state index is -0.566. The van der Waals surface area contributed by atoms with Gasteiger partial charge in [-0.2, -0.15) is 0 Å². The summed E-state index contributed by atoms with van der Waals surface area (Å²) in [6.07, 6.45) is 2.52. The zero-order valence-electron chi connectivity index (χ0n) is 16.3. The van der Waals surface area contributed by atoms with E-state index >= 15 is 0 Å². The number of carbonyl (C=O) groups excluding carboxylic acids is 2. The number of amides is 2. The molecule has 0 bridgehead atoms. The number of rotatable bonds is 6. The Hall–Kier alpha value is -1.77. The van der Waals surface area contributed by atoms with E-state index in [9.17, 15) is 9.59 Å².